The van der Waals surface area contributed by atoms with Gasteiger partial charge in [0.1, 0.15) is 0 Å². The van der Waals surface area contributed by atoms with Crippen LogP contribution in [-0.2, 0) is 6.42 Å². The second-order valence-electron chi connectivity index (χ2n) is 5.08. The van der Waals surface area contributed by atoms with E-state index in [0.29, 0.717) is 6.04 Å². The van der Waals surface area contributed by atoms with Gasteiger partial charge >= 0.3 is 0 Å². The zero-order valence-corrected chi connectivity index (χ0v) is 11.3. The van der Waals surface area contributed by atoms with Crippen LogP contribution in [0.4, 0.5) is 11.4 Å². The third kappa shape index (κ3) is 2.58. The van der Waals surface area contributed by atoms with Crippen molar-refractivity contribution in [3.63, 3.8) is 0 Å². The molecule has 1 unspecified atom stereocenters. The maximum absolute atomic E-state index is 3.63. The molecule has 98 valence electrons. The molecule has 0 saturated carbocycles. The van der Waals surface area contributed by atoms with Gasteiger partial charge in [0.15, 0.2) is 0 Å². The number of benzene rings is 2. The molecule has 1 aliphatic rings. The van der Waals surface area contributed by atoms with Crippen molar-refractivity contribution in [3.05, 3.63) is 60.2 Å². The lowest BCUT2D eigenvalue weighted by Crippen LogP contribution is -2.35. The van der Waals surface area contributed by atoms with Crippen LogP contribution < -0.4 is 10.2 Å². The molecule has 0 radical (unpaired) electrons. The molecule has 0 saturated heterocycles. The summed E-state index contributed by atoms with van der Waals surface area (Å²) in [5.74, 6) is 0. The van der Waals surface area contributed by atoms with Crippen molar-refractivity contribution >= 4 is 11.4 Å². The third-order valence-corrected chi connectivity index (χ3v) is 3.79. The van der Waals surface area contributed by atoms with Gasteiger partial charge in [0.05, 0.1) is 0 Å². The summed E-state index contributed by atoms with van der Waals surface area (Å²) >= 11 is 0. The minimum absolute atomic E-state index is 0.512. The van der Waals surface area contributed by atoms with Crippen molar-refractivity contribution < 1.29 is 0 Å². The average Bonchev–Trinajstić information content (AvgIpc) is 2.88. The molecule has 0 bridgehead atoms. The van der Waals surface area contributed by atoms with Crippen LogP contribution in [-0.4, -0.2) is 19.1 Å². The normalized spacial score (nSPS) is 16.8. The maximum atomic E-state index is 3.63. The van der Waals surface area contributed by atoms with Gasteiger partial charge in [0, 0.05) is 30.5 Å². The van der Waals surface area contributed by atoms with E-state index in [2.05, 4.69) is 71.7 Å². The molecule has 19 heavy (non-hydrogen) atoms. The highest BCUT2D eigenvalue weighted by Crippen LogP contribution is 2.26. The number of anilines is 2. The number of para-hydroxylation sites is 2. The summed E-state index contributed by atoms with van der Waals surface area (Å²) in [7, 11) is 0. The van der Waals surface area contributed by atoms with Crippen LogP contribution in [0.25, 0.3) is 0 Å². The Balaban J connectivity index is 1.69. The van der Waals surface area contributed by atoms with Crippen LogP contribution in [0.5, 0.6) is 0 Å². The van der Waals surface area contributed by atoms with E-state index in [-0.39, 0.29) is 0 Å². The number of fused-ring (bicyclic) bond motifs is 1. The minimum atomic E-state index is 0.512. The number of hydrogen-bond acceptors (Lipinski definition) is 2. The van der Waals surface area contributed by atoms with Crippen molar-refractivity contribution in [1.82, 2.24) is 0 Å². The first-order valence-corrected chi connectivity index (χ1v) is 7.01. The van der Waals surface area contributed by atoms with E-state index in [1.807, 2.05) is 0 Å². The Hall–Kier alpha value is -1.96. The van der Waals surface area contributed by atoms with Crippen LogP contribution in [0.1, 0.15) is 12.5 Å². The SMILES string of the molecule is CCN(CC1Cc2ccccc2N1)c1ccccc1. The summed E-state index contributed by atoms with van der Waals surface area (Å²) in [5.41, 5.74) is 4.05. The molecule has 1 N–H and O–H groups in total. The molecule has 2 heteroatoms. The topological polar surface area (TPSA) is 15.3 Å². The van der Waals surface area contributed by atoms with Crippen molar-refractivity contribution in [2.75, 3.05) is 23.3 Å². The molecular formula is C17H20N2. The van der Waals surface area contributed by atoms with E-state index < -0.39 is 0 Å². The smallest absolute Gasteiger partial charge is 0.0477 e. The molecule has 0 aromatic heterocycles. The van der Waals surface area contributed by atoms with Gasteiger partial charge in [-0.2, -0.15) is 0 Å². The Morgan fingerprint density at radius 2 is 1.79 bits per heavy atom. The van der Waals surface area contributed by atoms with Gasteiger partial charge in [-0.1, -0.05) is 36.4 Å². The highest BCUT2D eigenvalue weighted by Gasteiger charge is 2.21. The lowest BCUT2D eigenvalue weighted by Gasteiger charge is -2.26. The van der Waals surface area contributed by atoms with Gasteiger partial charge in [-0.3, -0.25) is 0 Å². The summed E-state index contributed by atoms with van der Waals surface area (Å²) in [4.78, 5) is 2.43. The second kappa shape index (κ2) is 5.35. The van der Waals surface area contributed by atoms with Crippen LogP contribution >= 0.6 is 0 Å². The number of nitrogens with one attached hydrogen (secondary N) is 1. The molecule has 1 aliphatic heterocycles. The highest BCUT2D eigenvalue weighted by molar-refractivity contribution is 5.57. The first-order valence-electron chi connectivity index (χ1n) is 7.01. The molecule has 3 rings (SSSR count). The summed E-state index contributed by atoms with van der Waals surface area (Å²) < 4.78 is 0. The van der Waals surface area contributed by atoms with Crippen molar-refractivity contribution in [3.8, 4) is 0 Å². The van der Waals surface area contributed by atoms with Crippen LogP contribution in [0.2, 0.25) is 0 Å². The number of nitrogens with zero attached hydrogens (tertiary/aromatic N) is 1. The predicted molar refractivity (Wildman–Crippen MR) is 81.9 cm³/mol. The molecule has 2 nitrogen and oxygen atoms in total. The lowest BCUT2D eigenvalue weighted by molar-refractivity contribution is 0.696. The van der Waals surface area contributed by atoms with Gasteiger partial charge in [0.2, 0.25) is 0 Å². The van der Waals surface area contributed by atoms with Crippen LogP contribution in [0.3, 0.4) is 0 Å². The fourth-order valence-corrected chi connectivity index (χ4v) is 2.81. The van der Waals surface area contributed by atoms with E-state index in [1.54, 1.807) is 0 Å². The third-order valence-electron chi connectivity index (χ3n) is 3.79. The molecule has 1 heterocycles. The van der Waals surface area contributed by atoms with Gasteiger partial charge in [-0.15, -0.1) is 0 Å². The number of hydrogen-bond donors (Lipinski definition) is 1. The van der Waals surface area contributed by atoms with E-state index in [9.17, 15) is 0 Å². The lowest BCUT2D eigenvalue weighted by atomic mass is 10.1. The van der Waals surface area contributed by atoms with Crippen molar-refractivity contribution in [2.45, 2.75) is 19.4 Å². The summed E-state index contributed by atoms with van der Waals surface area (Å²) in [6.45, 7) is 4.31. The van der Waals surface area contributed by atoms with E-state index in [4.69, 9.17) is 0 Å². The fourth-order valence-electron chi connectivity index (χ4n) is 2.81. The molecule has 0 fully saturated rings. The molecule has 2 aromatic carbocycles. The molecule has 2 aromatic rings. The molecule has 0 amide bonds. The minimum Gasteiger partial charge on any atom is -0.380 e. The van der Waals surface area contributed by atoms with Crippen molar-refractivity contribution in [1.29, 1.82) is 0 Å². The fraction of sp³-hybridized carbons (Fsp3) is 0.294. The predicted octanol–water partition coefficient (Wildman–Crippen LogP) is 3.55. The van der Waals surface area contributed by atoms with Crippen molar-refractivity contribution in [2.24, 2.45) is 0 Å². The Bertz CT molecular complexity index is 511. The zero-order chi connectivity index (χ0) is 13.1. The summed E-state index contributed by atoms with van der Waals surface area (Å²) in [5, 5.41) is 3.63. The Morgan fingerprint density at radius 1 is 1.05 bits per heavy atom. The first-order chi connectivity index (χ1) is 9.36. The molecular weight excluding hydrogens is 232 g/mol. The molecule has 0 aliphatic carbocycles. The Morgan fingerprint density at radius 3 is 2.53 bits per heavy atom. The second-order valence-corrected chi connectivity index (χ2v) is 5.08. The standard InChI is InChI=1S/C17H20N2/c1-2-19(16-9-4-3-5-10-16)13-15-12-14-8-6-7-11-17(14)18-15/h3-11,15,18H,2,12-13H2,1H3. The van der Waals surface area contributed by atoms with Gasteiger partial charge < -0.3 is 10.2 Å². The van der Waals surface area contributed by atoms with E-state index in [0.717, 1.165) is 19.5 Å². The van der Waals surface area contributed by atoms with E-state index >= 15 is 0 Å². The van der Waals surface area contributed by atoms with E-state index in [1.165, 1.54) is 16.9 Å². The number of likely N-dealkylation sites (N-methyl/N-ethyl adjacent to an activating group) is 1. The first kappa shape index (κ1) is 12.1. The average molecular weight is 252 g/mol. The van der Waals surface area contributed by atoms with Gasteiger partial charge in [-0.05, 0) is 37.1 Å². The van der Waals surface area contributed by atoms with Gasteiger partial charge in [0.25, 0.3) is 0 Å². The monoisotopic (exact) mass is 252 g/mol. The number of rotatable bonds is 4. The quantitative estimate of drug-likeness (QED) is 0.895. The Kier molecular flexibility index (Phi) is 3.41. The maximum Gasteiger partial charge on any atom is 0.0477 e. The highest BCUT2D eigenvalue weighted by atomic mass is 15.2. The van der Waals surface area contributed by atoms with Gasteiger partial charge in [-0.25, -0.2) is 0 Å². The molecule has 0 spiro atoms. The van der Waals surface area contributed by atoms with Crippen LogP contribution in [0, 0.1) is 0 Å². The Labute approximate surface area is 115 Å². The van der Waals surface area contributed by atoms with Crippen LogP contribution in [0.15, 0.2) is 54.6 Å². The summed E-state index contributed by atoms with van der Waals surface area (Å²) in [6, 6.07) is 19.8. The summed E-state index contributed by atoms with van der Waals surface area (Å²) in [6.07, 6.45) is 1.12. The largest absolute Gasteiger partial charge is 0.380 e. The zero-order valence-electron chi connectivity index (χ0n) is 11.3. The molecule has 1 atom stereocenters.